The van der Waals surface area contributed by atoms with Crippen LogP contribution in [0.25, 0.3) is 0 Å². The predicted molar refractivity (Wildman–Crippen MR) is 105 cm³/mol. The predicted octanol–water partition coefficient (Wildman–Crippen LogP) is 3.76. The van der Waals surface area contributed by atoms with Crippen LogP contribution in [0.15, 0.2) is 63.7 Å². The van der Waals surface area contributed by atoms with Crippen molar-refractivity contribution >= 4 is 39.7 Å². The van der Waals surface area contributed by atoms with Crippen LogP contribution in [0.5, 0.6) is 0 Å². The van der Waals surface area contributed by atoms with Gasteiger partial charge in [0.15, 0.2) is 0 Å². The van der Waals surface area contributed by atoms with E-state index in [4.69, 9.17) is 0 Å². The summed E-state index contributed by atoms with van der Waals surface area (Å²) in [5, 5.41) is 8.30. The fraction of sp³-hybridized carbons (Fsp3) is 0.294. The van der Waals surface area contributed by atoms with E-state index in [1.54, 1.807) is 19.1 Å². The molecule has 0 spiro atoms. The van der Waals surface area contributed by atoms with Crippen LogP contribution < -0.4 is 9.62 Å². The molecule has 0 aliphatic rings. The van der Waals surface area contributed by atoms with Gasteiger partial charge in [0.1, 0.15) is 0 Å². The van der Waals surface area contributed by atoms with Crippen LogP contribution in [0.1, 0.15) is 6.92 Å². The maximum absolute atomic E-state index is 12.2. The van der Waals surface area contributed by atoms with Crippen LogP contribution in [-0.2, 0) is 10.0 Å². The minimum atomic E-state index is -3.54. The molecule has 1 N–H and O–H groups in total. The molecule has 25 heavy (non-hydrogen) atoms. The first-order valence-electron chi connectivity index (χ1n) is 7.74. The van der Waals surface area contributed by atoms with Gasteiger partial charge in [-0.3, -0.25) is 0 Å². The quantitative estimate of drug-likeness (QED) is 0.569. The van der Waals surface area contributed by atoms with Crippen LogP contribution in [0.4, 0.5) is 17.1 Å². The summed E-state index contributed by atoms with van der Waals surface area (Å²) >= 11 is 4.08. The maximum atomic E-state index is 12.2. The summed E-state index contributed by atoms with van der Waals surface area (Å²) in [7, 11) is 0.396. The molecule has 0 saturated carbocycles. The molecule has 0 radical (unpaired) electrons. The Bertz CT molecular complexity index is 817. The normalized spacial score (nSPS) is 13.1. The zero-order valence-electron chi connectivity index (χ0n) is 14.4. The van der Waals surface area contributed by atoms with E-state index in [-0.39, 0.29) is 10.9 Å². The number of benzene rings is 2. The largest absolute Gasteiger partial charge is 0.378 e. The second kappa shape index (κ2) is 8.46. The number of hydrogen-bond acceptors (Lipinski definition) is 6. The molecule has 0 bridgehead atoms. The molecule has 0 heterocycles. The van der Waals surface area contributed by atoms with Crippen molar-refractivity contribution < 1.29 is 8.42 Å². The molecule has 0 saturated heterocycles. The number of hydrogen-bond donors (Lipinski definition) is 2. The van der Waals surface area contributed by atoms with Crippen molar-refractivity contribution in [3.05, 3.63) is 48.5 Å². The first-order chi connectivity index (χ1) is 11.8. The van der Waals surface area contributed by atoms with Gasteiger partial charge < -0.3 is 4.90 Å². The molecular formula is C17H22N4O2S2. The first-order valence-corrected chi connectivity index (χ1v) is 9.86. The number of rotatable bonds is 7. The van der Waals surface area contributed by atoms with Gasteiger partial charge in [-0.2, -0.15) is 22.9 Å². The number of nitrogens with zero attached hydrogens (tertiary/aromatic N) is 3. The van der Waals surface area contributed by atoms with Crippen molar-refractivity contribution in [3.63, 3.8) is 0 Å². The second-order valence-electron chi connectivity index (χ2n) is 5.81. The summed E-state index contributed by atoms with van der Waals surface area (Å²) in [6.07, 6.45) is 0. The minimum Gasteiger partial charge on any atom is -0.378 e. The summed E-state index contributed by atoms with van der Waals surface area (Å²) in [6.45, 7) is 1.76. The zero-order chi connectivity index (χ0) is 18.4. The standard InChI is InChI=1S/C17H22N4O2S2/c1-13(12-24)20-25(22,23)17-10-6-15(7-11-17)19-18-14-4-8-16(9-5-14)21(2)3/h4-11,13,20,24H,12H2,1-3H3. The lowest BCUT2D eigenvalue weighted by Gasteiger charge is -2.11. The smallest absolute Gasteiger partial charge is 0.240 e. The van der Waals surface area contributed by atoms with Crippen molar-refractivity contribution in [3.8, 4) is 0 Å². The molecule has 1 unspecified atom stereocenters. The lowest BCUT2D eigenvalue weighted by atomic mass is 10.3. The monoisotopic (exact) mass is 378 g/mol. The molecule has 0 aromatic heterocycles. The SMILES string of the molecule is CC(CS)NS(=O)(=O)c1ccc(N=Nc2ccc(N(C)C)cc2)cc1. The molecule has 2 aromatic rings. The summed E-state index contributed by atoms with van der Waals surface area (Å²) in [4.78, 5) is 2.19. The van der Waals surface area contributed by atoms with Crippen LogP contribution in [0.2, 0.25) is 0 Å². The van der Waals surface area contributed by atoms with E-state index < -0.39 is 10.0 Å². The molecule has 0 aliphatic carbocycles. The van der Waals surface area contributed by atoms with Crippen LogP contribution in [-0.4, -0.2) is 34.3 Å². The van der Waals surface area contributed by atoms with E-state index in [0.29, 0.717) is 11.4 Å². The molecule has 6 nitrogen and oxygen atoms in total. The minimum absolute atomic E-state index is 0.190. The lowest BCUT2D eigenvalue weighted by molar-refractivity contribution is 0.571. The lowest BCUT2D eigenvalue weighted by Crippen LogP contribution is -2.33. The van der Waals surface area contributed by atoms with Gasteiger partial charge in [-0.05, 0) is 55.5 Å². The highest BCUT2D eigenvalue weighted by Crippen LogP contribution is 2.22. The Balaban J connectivity index is 2.09. The van der Waals surface area contributed by atoms with Gasteiger partial charge in [-0.25, -0.2) is 13.1 Å². The Hall–Kier alpha value is -1.90. The molecule has 2 rings (SSSR count). The van der Waals surface area contributed by atoms with Crippen molar-refractivity contribution in [1.29, 1.82) is 0 Å². The molecule has 134 valence electrons. The fourth-order valence-electron chi connectivity index (χ4n) is 2.00. The number of nitrogens with one attached hydrogen (secondary N) is 1. The van der Waals surface area contributed by atoms with E-state index >= 15 is 0 Å². The Kier molecular flexibility index (Phi) is 6.57. The summed E-state index contributed by atoms with van der Waals surface area (Å²) in [6, 6.07) is 13.7. The van der Waals surface area contributed by atoms with Crippen LogP contribution in [0.3, 0.4) is 0 Å². The Morgan fingerprint density at radius 1 is 1.00 bits per heavy atom. The van der Waals surface area contributed by atoms with E-state index in [9.17, 15) is 8.42 Å². The van der Waals surface area contributed by atoms with Crippen molar-refractivity contribution in [2.45, 2.75) is 17.9 Å². The van der Waals surface area contributed by atoms with E-state index in [2.05, 4.69) is 27.6 Å². The Morgan fingerprint density at radius 2 is 1.48 bits per heavy atom. The van der Waals surface area contributed by atoms with Crippen LogP contribution in [0, 0.1) is 0 Å². The van der Waals surface area contributed by atoms with Gasteiger partial charge in [-0.1, -0.05) is 0 Å². The molecule has 2 aromatic carbocycles. The maximum Gasteiger partial charge on any atom is 0.240 e. The average molecular weight is 379 g/mol. The molecule has 0 aliphatic heterocycles. The van der Waals surface area contributed by atoms with Crippen molar-refractivity contribution in [2.75, 3.05) is 24.7 Å². The van der Waals surface area contributed by atoms with Gasteiger partial charge in [-0.15, -0.1) is 0 Å². The van der Waals surface area contributed by atoms with Crippen molar-refractivity contribution in [1.82, 2.24) is 4.72 Å². The Labute approximate surface area is 154 Å². The molecular weight excluding hydrogens is 356 g/mol. The second-order valence-corrected chi connectivity index (χ2v) is 7.89. The molecule has 1 atom stereocenters. The number of azo groups is 1. The highest BCUT2D eigenvalue weighted by Gasteiger charge is 2.16. The highest BCUT2D eigenvalue weighted by atomic mass is 32.2. The number of thiol groups is 1. The summed E-state index contributed by atoms with van der Waals surface area (Å²) in [5.74, 6) is 0.429. The Morgan fingerprint density at radius 3 is 1.92 bits per heavy atom. The first kappa shape index (κ1) is 19.4. The van der Waals surface area contributed by atoms with Gasteiger partial charge in [0.2, 0.25) is 10.0 Å². The van der Waals surface area contributed by atoms with Gasteiger partial charge in [0.05, 0.1) is 16.3 Å². The zero-order valence-corrected chi connectivity index (χ0v) is 16.1. The van der Waals surface area contributed by atoms with E-state index in [0.717, 1.165) is 11.4 Å². The van der Waals surface area contributed by atoms with Gasteiger partial charge >= 0.3 is 0 Å². The third-order valence-corrected chi connectivity index (χ3v) is 5.58. The van der Waals surface area contributed by atoms with Crippen molar-refractivity contribution in [2.24, 2.45) is 10.2 Å². The van der Waals surface area contributed by atoms with Gasteiger partial charge in [0.25, 0.3) is 0 Å². The summed E-state index contributed by atoms with van der Waals surface area (Å²) < 4.78 is 26.9. The van der Waals surface area contributed by atoms with Gasteiger partial charge in [0, 0.05) is 31.6 Å². The molecule has 8 heteroatoms. The molecule has 0 amide bonds. The van der Waals surface area contributed by atoms with E-state index in [1.165, 1.54) is 12.1 Å². The number of sulfonamides is 1. The fourth-order valence-corrected chi connectivity index (χ4v) is 3.45. The van der Waals surface area contributed by atoms with E-state index in [1.807, 2.05) is 43.3 Å². The number of anilines is 1. The molecule has 0 fully saturated rings. The summed E-state index contributed by atoms with van der Waals surface area (Å²) in [5.41, 5.74) is 2.39. The third kappa shape index (κ3) is 5.55. The highest BCUT2D eigenvalue weighted by molar-refractivity contribution is 7.89. The third-order valence-electron chi connectivity index (χ3n) is 3.42. The average Bonchev–Trinajstić information content (AvgIpc) is 2.60. The topological polar surface area (TPSA) is 74.1 Å². The van der Waals surface area contributed by atoms with Crippen LogP contribution >= 0.6 is 12.6 Å².